The molecule has 0 radical (unpaired) electrons. The smallest absolute Gasteiger partial charge is 0.231 e. The van der Waals surface area contributed by atoms with E-state index in [0.717, 1.165) is 36.0 Å². The zero-order valence-electron chi connectivity index (χ0n) is 17.8. The highest BCUT2D eigenvalue weighted by Crippen LogP contribution is 2.34. The highest BCUT2D eigenvalue weighted by atomic mass is 35.5. The zero-order chi connectivity index (χ0) is 21.4. The number of piperazine rings is 1. The molecule has 2 N–H and O–H groups in total. The van der Waals surface area contributed by atoms with Gasteiger partial charge in [-0.15, -0.1) is 24.8 Å². The fourth-order valence-electron chi connectivity index (χ4n) is 4.74. The van der Waals surface area contributed by atoms with Crippen LogP contribution in [-0.4, -0.2) is 64.8 Å². The van der Waals surface area contributed by atoms with Crippen LogP contribution in [0.4, 0.5) is 5.69 Å². The maximum atomic E-state index is 13.6. The van der Waals surface area contributed by atoms with E-state index in [4.69, 9.17) is 23.2 Å². The van der Waals surface area contributed by atoms with Crippen molar-refractivity contribution in [3.8, 4) is 0 Å². The van der Waals surface area contributed by atoms with Crippen LogP contribution >= 0.6 is 48.0 Å². The third kappa shape index (κ3) is 5.17. The molecule has 178 valence electrons. The van der Waals surface area contributed by atoms with E-state index in [0.29, 0.717) is 41.9 Å². The average molecular weight is 532 g/mol. The van der Waals surface area contributed by atoms with Gasteiger partial charge in [-0.3, -0.25) is 9.89 Å². The summed E-state index contributed by atoms with van der Waals surface area (Å²) in [5, 5.41) is 12.7. The lowest BCUT2D eigenvalue weighted by atomic mass is 9.89. The van der Waals surface area contributed by atoms with E-state index in [9.17, 15) is 4.79 Å². The summed E-state index contributed by atoms with van der Waals surface area (Å²) in [6.45, 7) is 3.67. The number of H-pyrrole nitrogens is 1. The summed E-state index contributed by atoms with van der Waals surface area (Å²) < 4.78 is 0. The fourth-order valence-corrected chi connectivity index (χ4v) is 5.14. The molecule has 1 aromatic carbocycles. The Morgan fingerprint density at radius 2 is 1.79 bits per heavy atom. The molecule has 11 heteroatoms. The highest BCUT2D eigenvalue weighted by Gasteiger charge is 2.36. The molecular weight excluding hydrogens is 506 g/mol. The van der Waals surface area contributed by atoms with Crippen LogP contribution in [0.3, 0.4) is 0 Å². The van der Waals surface area contributed by atoms with Crippen LogP contribution in [0, 0.1) is 0 Å². The average Bonchev–Trinajstić information content (AvgIpc) is 3.48. The molecule has 2 aliphatic rings. The largest absolute Gasteiger partial charge is 0.366 e. The van der Waals surface area contributed by atoms with E-state index in [1.54, 1.807) is 12.4 Å². The molecule has 4 heterocycles. The van der Waals surface area contributed by atoms with Crippen LogP contribution < -0.4 is 10.2 Å². The maximum Gasteiger partial charge on any atom is 0.231 e. The van der Waals surface area contributed by atoms with Crippen molar-refractivity contribution in [2.24, 2.45) is 0 Å². The topological polar surface area (TPSA) is 77.2 Å². The summed E-state index contributed by atoms with van der Waals surface area (Å²) in [5.41, 5.74) is 2.67. The van der Waals surface area contributed by atoms with Crippen LogP contribution in [0.2, 0.25) is 10.0 Å². The standard InChI is InChI=1S/C22H24Cl2N6O.2ClH/c23-15-5-3-14(4-6-15)19(18-2-1-7-25-18)22(31)30-10-8-29(9-11-30)20-16-12-27-28-21(16)26-13-17(20)24;;/h3-6,12-13,18-19,25H,1-2,7-11H2,(H,26,27,28);2*1H/t18-,19-;;/m0../s1. The Morgan fingerprint density at radius 3 is 2.45 bits per heavy atom. The van der Waals surface area contributed by atoms with Gasteiger partial charge in [0.25, 0.3) is 0 Å². The molecule has 33 heavy (non-hydrogen) atoms. The number of halogens is 4. The number of anilines is 1. The van der Waals surface area contributed by atoms with Gasteiger partial charge in [-0.2, -0.15) is 5.10 Å². The van der Waals surface area contributed by atoms with E-state index in [1.165, 1.54) is 0 Å². The van der Waals surface area contributed by atoms with Gasteiger partial charge < -0.3 is 15.1 Å². The minimum absolute atomic E-state index is 0. The predicted molar refractivity (Wildman–Crippen MR) is 137 cm³/mol. The second-order valence-electron chi connectivity index (χ2n) is 8.13. The van der Waals surface area contributed by atoms with Crippen molar-refractivity contribution in [1.29, 1.82) is 0 Å². The van der Waals surface area contributed by atoms with Gasteiger partial charge in [-0.25, -0.2) is 4.98 Å². The molecule has 0 unspecified atom stereocenters. The van der Waals surface area contributed by atoms with E-state index >= 15 is 0 Å². The van der Waals surface area contributed by atoms with E-state index in [1.807, 2.05) is 29.2 Å². The molecule has 5 rings (SSSR count). The first-order valence-electron chi connectivity index (χ1n) is 10.6. The number of aromatic amines is 1. The number of fused-ring (bicyclic) bond motifs is 1. The number of carbonyl (C=O) groups excluding carboxylic acids is 1. The normalized spacial score (nSPS) is 19.2. The molecule has 0 bridgehead atoms. The van der Waals surface area contributed by atoms with Crippen molar-refractivity contribution in [3.63, 3.8) is 0 Å². The Kier molecular flexibility index (Phi) is 8.70. The van der Waals surface area contributed by atoms with Crippen LogP contribution in [-0.2, 0) is 4.79 Å². The maximum absolute atomic E-state index is 13.6. The van der Waals surface area contributed by atoms with Crippen LogP contribution in [0.15, 0.2) is 36.7 Å². The fraction of sp³-hybridized carbons (Fsp3) is 0.409. The Balaban J connectivity index is 0.00000153. The molecule has 2 aromatic heterocycles. The van der Waals surface area contributed by atoms with Crippen LogP contribution in [0.5, 0.6) is 0 Å². The second kappa shape index (κ2) is 11.1. The van der Waals surface area contributed by atoms with Crippen molar-refractivity contribution < 1.29 is 4.79 Å². The monoisotopic (exact) mass is 530 g/mol. The van der Waals surface area contributed by atoms with Gasteiger partial charge in [0.05, 0.1) is 34.4 Å². The number of aromatic nitrogens is 3. The molecule has 7 nitrogen and oxygen atoms in total. The van der Waals surface area contributed by atoms with Gasteiger partial charge in [-0.05, 0) is 37.1 Å². The van der Waals surface area contributed by atoms with Crippen molar-refractivity contribution in [3.05, 3.63) is 52.3 Å². The molecule has 2 saturated heterocycles. The summed E-state index contributed by atoms with van der Waals surface area (Å²) in [6.07, 6.45) is 5.50. The van der Waals surface area contributed by atoms with Gasteiger partial charge in [0.1, 0.15) is 0 Å². The number of nitrogens with zero attached hydrogens (tertiary/aromatic N) is 4. The number of hydrogen-bond donors (Lipinski definition) is 2. The van der Waals surface area contributed by atoms with Crippen molar-refractivity contribution in [2.75, 3.05) is 37.6 Å². The van der Waals surface area contributed by atoms with E-state index in [2.05, 4.69) is 25.4 Å². The van der Waals surface area contributed by atoms with E-state index in [-0.39, 0.29) is 42.7 Å². The molecule has 0 spiro atoms. The number of rotatable bonds is 4. The third-order valence-electron chi connectivity index (χ3n) is 6.31. The molecule has 0 aliphatic carbocycles. The minimum Gasteiger partial charge on any atom is -0.366 e. The first kappa shape index (κ1) is 25.8. The minimum atomic E-state index is -0.198. The Hall–Kier alpha value is -1.77. The molecule has 3 aromatic rings. The molecule has 2 aliphatic heterocycles. The molecule has 0 saturated carbocycles. The number of benzene rings is 1. The van der Waals surface area contributed by atoms with Crippen LogP contribution in [0.25, 0.3) is 11.0 Å². The third-order valence-corrected chi connectivity index (χ3v) is 6.84. The SMILES string of the molecule is Cl.Cl.O=C([C@@H](c1ccc(Cl)cc1)[C@@H]1CCCN1)N1CCN(c2c(Cl)cnc3[nH]ncc23)CC1. The summed E-state index contributed by atoms with van der Waals surface area (Å²) in [6, 6.07) is 7.85. The lowest BCUT2D eigenvalue weighted by Crippen LogP contribution is -2.52. The Morgan fingerprint density at radius 1 is 1.06 bits per heavy atom. The van der Waals surface area contributed by atoms with Gasteiger partial charge >= 0.3 is 0 Å². The number of hydrogen-bond acceptors (Lipinski definition) is 5. The zero-order valence-corrected chi connectivity index (χ0v) is 21.0. The quantitative estimate of drug-likeness (QED) is 0.525. The van der Waals surface area contributed by atoms with Crippen molar-refractivity contribution in [1.82, 2.24) is 25.4 Å². The molecular formula is C22H26Cl4N6O. The van der Waals surface area contributed by atoms with Crippen molar-refractivity contribution >= 4 is 70.6 Å². The number of carbonyl (C=O) groups is 1. The lowest BCUT2D eigenvalue weighted by Gasteiger charge is -2.39. The van der Waals surface area contributed by atoms with Gasteiger partial charge in [0, 0.05) is 37.2 Å². The number of amides is 1. The molecule has 2 atom stereocenters. The predicted octanol–water partition coefficient (Wildman–Crippen LogP) is 4.29. The lowest BCUT2D eigenvalue weighted by molar-refractivity contribution is -0.133. The Bertz CT molecular complexity index is 1080. The summed E-state index contributed by atoms with van der Waals surface area (Å²) in [4.78, 5) is 22.1. The summed E-state index contributed by atoms with van der Waals surface area (Å²) >= 11 is 12.6. The van der Waals surface area contributed by atoms with Gasteiger partial charge in [0.2, 0.25) is 5.91 Å². The Labute approximate surface area is 215 Å². The second-order valence-corrected chi connectivity index (χ2v) is 8.98. The summed E-state index contributed by atoms with van der Waals surface area (Å²) in [7, 11) is 0. The first-order chi connectivity index (χ1) is 15.1. The highest BCUT2D eigenvalue weighted by molar-refractivity contribution is 6.34. The van der Waals surface area contributed by atoms with Gasteiger partial charge in [0.15, 0.2) is 5.65 Å². The first-order valence-corrected chi connectivity index (χ1v) is 11.4. The molecule has 1 amide bonds. The van der Waals surface area contributed by atoms with Crippen LogP contribution in [0.1, 0.15) is 24.3 Å². The van der Waals surface area contributed by atoms with E-state index < -0.39 is 0 Å². The van der Waals surface area contributed by atoms with Crippen molar-refractivity contribution in [2.45, 2.75) is 24.8 Å². The number of pyridine rings is 1. The van der Waals surface area contributed by atoms with Gasteiger partial charge in [-0.1, -0.05) is 35.3 Å². The summed E-state index contributed by atoms with van der Waals surface area (Å²) in [5.74, 6) is -0.0212. The molecule has 2 fully saturated rings. The number of nitrogens with one attached hydrogen (secondary N) is 2.